The molecular weight excluding hydrogens is 767 g/mol. The third-order valence-corrected chi connectivity index (χ3v) is 12.0. The van der Waals surface area contributed by atoms with Gasteiger partial charge in [0.1, 0.15) is 0 Å². The molecule has 3 aromatic heterocycles. The average Bonchev–Trinajstić information content (AvgIpc) is 3.71. The number of pyridine rings is 1. The molecule has 12 rings (SSSR count). The van der Waals surface area contributed by atoms with E-state index < -0.39 is 0 Å². The monoisotopic (exact) mass is 803 g/mol. The smallest absolute Gasteiger partial charge is 0.164 e. The molecule has 0 radical (unpaired) electrons. The number of nitrogens with zero attached hydrogens (tertiary/aromatic N) is 5. The predicted molar refractivity (Wildman–Crippen MR) is 260 cm³/mol. The predicted octanol–water partition coefficient (Wildman–Crippen LogP) is 14.7. The van der Waals surface area contributed by atoms with Gasteiger partial charge in [-0.3, -0.25) is 0 Å². The van der Waals surface area contributed by atoms with E-state index in [2.05, 4.69) is 217 Å². The topological polar surface area (TPSA) is 56.5 Å². The van der Waals surface area contributed by atoms with E-state index in [0.29, 0.717) is 17.5 Å². The third kappa shape index (κ3) is 6.42. The molecule has 0 bridgehead atoms. The average molecular weight is 804 g/mol. The first kappa shape index (κ1) is 36.3. The molecule has 0 aliphatic carbocycles. The summed E-state index contributed by atoms with van der Waals surface area (Å²) < 4.78 is 2.37. The molecule has 0 unspecified atom stereocenters. The summed E-state index contributed by atoms with van der Waals surface area (Å²) in [6, 6.07) is 78.5. The molecule has 5 nitrogen and oxygen atoms in total. The van der Waals surface area contributed by atoms with Crippen LogP contribution in [0.1, 0.15) is 0 Å². The Morgan fingerprint density at radius 2 is 0.746 bits per heavy atom. The number of fused-ring (bicyclic) bond motifs is 7. The number of para-hydroxylation sites is 2. The van der Waals surface area contributed by atoms with E-state index in [1.165, 1.54) is 10.8 Å². The molecule has 5 heteroatoms. The van der Waals surface area contributed by atoms with Crippen LogP contribution in [0.25, 0.3) is 117 Å². The van der Waals surface area contributed by atoms with E-state index >= 15 is 0 Å². The highest BCUT2D eigenvalue weighted by Crippen LogP contribution is 2.43. The highest BCUT2D eigenvalue weighted by molar-refractivity contribution is 6.28. The van der Waals surface area contributed by atoms with Gasteiger partial charge in [-0.2, -0.15) is 0 Å². The van der Waals surface area contributed by atoms with Crippen molar-refractivity contribution in [3.8, 4) is 73.4 Å². The second-order valence-corrected chi connectivity index (χ2v) is 15.8. The minimum atomic E-state index is 0.580. The molecule has 0 aliphatic rings. The summed E-state index contributed by atoms with van der Waals surface area (Å²) in [5.41, 5.74) is 13.4. The lowest BCUT2D eigenvalue weighted by atomic mass is 9.95. The van der Waals surface area contributed by atoms with Crippen LogP contribution >= 0.6 is 0 Å². The van der Waals surface area contributed by atoms with Crippen LogP contribution in [0.3, 0.4) is 0 Å². The van der Waals surface area contributed by atoms with Gasteiger partial charge in [0.2, 0.25) is 0 Å². The Balaban J connectivity index is 1.08. The van der Waals surface area contributed by atoms with Gasteiger partial charge in [-0.05, 0) is 70.1 Å². The number of aromatic nitrogens is 5. The first-order valence-electron chi connectivity index (χ1n) is 21.2. The van der Waals surface area contributed by atoms with E-state index in [0.717, 1.165) is 88.6 Å². The van der Waals surface area contributed by atoms with Crippen molar-refractivity contribution in [1.29, 1.82) is 0 Å². The van der Waals surface area contributed by atoms with E-state index in [9.17, 15) is 0 Å². The standard InChI is InChI=1S/C58H37N5/c1-5-17-38(18-6-1)41-23-15-25-43(35-41)56-60-57(44-26-16-24-42(36-44)39-19-7-2-8-20-39)62-58(61-56)45-31-32-47-48-33-34-52-53(54(48)55(59-50(47)37-45)40-21-9-3-10-22-40)49-29-13-14-30-51(49)63(52)46-27-11-4-12-28-46/h1-37H. The molecule has 0 aliphatic heterocycles. The van der Waals surface area contributed by atoms with Crippen LogP contribution in [0.5, 0.6) is 0 Å². The minimum Gasteiger partial charge on any atom is -0.309 e. The van der Waals surface area contributed by atoms with Crippen LogP contribution in [-0.2, 0) is 0 Å². The number of rotatable bonds is 7. The Labute approximate surface area is 364 Å². The molecule has 294 valence electrons. The molecule has 0 N–H and O–H groups in total. The van der Waals surface area contributed by atoms with Crippen LogP contribution < -0.4 is 0 Å². The van der Waals surface area contributed by atoms with Crippen LogP contribution in [0.4, 0.5) is 0 Å². The summed E-state index contributed by atoms with van der Waals surface area (Å²) in [5.74, 6) is 1.79. The Morgan fingerprint density at radius 3 is 1.35 bits per heavy atom. The van der Waals surface area contributed by atoms with Crippen LogP contribution in [0.15, 0.2) is 224 Å². The van der Waals surface area contributed by atoms with E-state index in [1.54, 1.807) is 0 Å². The van der Waals surface area contributed by atoms with Gasteiger partial charge in [-0.25, -0.2) is 19.9 Å². The lowest BCUT2D eigenvalue weighted by Crippen LogP contribution is -2.01. The summed E-state index contributed by atoms with van der Waals surface area (Å²) in [6.07, 6.45) is 0. The number of benzene rings is 9. The fourth-order valence-corrected chi connectivity index (χ4v) is 9.06. The molecule has 0 spiro atoms. The van der Waals surface area contributed by atoms with Gasteiger partial charge >= 0.3 is 0 Å². The summed E-state index contributed by atoms with van der Waals surface area (Å²) in [7, 11) is 0. The fourth-order valence-electron chi connectivity index (χ4n) is 9.06. The molecule has 0 saturated carbocycles. The van der Waals surface area contributed by atoms with Crippen molar-refractivity contribution in [1.82, 2.24) is 24.5 Å². The maximum absolute atomic E-state index is 5.57. The van der Waals surface area contributed by atoms with Crippen molar-refractivity contribution in [2.45, 2.75) is 0 Å². The Hall–Kier alpha value is -8.54. The summed E-state index contributed by atoms with van der Waals surface area (Å²) in [5, 5.41) is 5.71. The molecule has 63 heavy (non-hydrogen) atoms. The Kier molecular flexibility index (Phi) is 8.75. The molecule has 9 aromatic carbocycles. The van der Waals surface area contributed by atoms with Crippen molar-refractivity contribution >= 4 is 43.5 Å². The zero-order chi connectivity index (χ0) is 41.7. The van der Waals surface area contributed by atoms with E-state index in [-0.39, 0.29) is 0 Å². The highest BCUT2D eigenvalue weighted by atomic mass is 15.0. The first-order valence-corrected chi connectivity index (χ1v) is 21.2. The summed E-state index contributed by atoms with van der Waals surface area (Å²) in [6.45, 7) is 0. The maximum atomic E-state index is 5.57. The Morgan fingerprint density at radius 1 is 0.270 bits per heavy atom. The van der Waals surface area contributed by atoms with E-state index in [4.69, 9.17) is 19.9 Å². The zero-order valence-electron chi connectivity index (χ0n) is 34.1. The molecule has 0 amide bonds. The minimum absolute atomic E-state index is 0.580. The van der Waals surface area contributed by atoms with Crippen LogP contribution in [0, 0.1) is 0 Å². The first-order chi connectivity index (χ1) is 31.2. The van der Waals surface area contributed by atoms with Crippen molar-refractivity contribution in [2.24, 2.45) is 0 Å². The van der Waals surface area contributed by atoms with Crippen molar-refractivity contribution in [2.75, 3.05) is 0 Å². The summed E-state index contributed by atoms with van der Waals surface area (Å²) in [4.78, 5) is 21.2. The highest BCUT2D eigenvalue weighted by Gasteiger charge is 2.21. The summed E-state index contributed by atoms with van der Waals surface area (Å²) >= 11 is 0. The molecule has 0 saturated heterocycles. The van der Waals surface area contributed by atoms with Crippen molar-refractivity contribution < 1.29 is 0 Å². The van der Waals surface area contributed by atoms with Gasteiger partial charge in [0, 0.05) is 49.5 Å². The Bertz CT molecular complexity index is 3560. The van der Waals surface area contributed by atoms with Gasteiger partial charge in [-0.15, -0.1) is 0 Å². The fraction of sp³-hybridized carbons (Fsp3) is 0. The van der Waals surface area contributed by atoms with Gasteiger partial charge in [0.05, 0.1) is 22.2 Å². The van der Waals surface area contributed by atoms with Gasteiger partial charge < -0.3 is 4.57 Å². The van der Waals surface area contributed by atoms with Gasteiger partial charge in [0.25, 0.3) is 0 Å². The number of hydrogen-bond donors (Lipinski definition) is 0. The second-order valence-electron chi connectivity index (χ2n) is 15.8. The van der Waals surface area contributed by atoms with Gasteiger partial charge in [0.15, 0.2) is 17.5 Å². The maximum Gasteiger partial charge on any atom is 0.164 e. The quantitative estimate of drug-likeness (QED) is 0.151. The normalized spacial score (nSPS) is 11.5. The molecule has 3 heterocycles. The third-order valence-electron chi connectivity index (χ3n) is 12.0. The van der Waals surface area contributed by atoms with Gasteiger partial charge in [-0.1, -0.05) is 182 Å². The SMILES string of the molecule is c1ccc(-c2cccc(-c3nc(-c4cccc(-c5ccccc5)c4)nc(-c4ccc5c(c4)nc(-c4ccccc4)c4c5ccc5c4c4ccccc4n5-c4ccccc4)n3)c2)cc1. The lowest BCUT2D eigenvalue weighted by molar-refractivity contribution is 1.07. The van der Waals surface area contributed by atoms with Crippen molar-refractivity contribution in [3.63, 3.8) is 0 Å². The lowest BCUT2D eigenvalue weighted by Gasteiger charge is -2.14. The van der Waals surface area contributed by atoms with Crippen molar-refractivity contribution in [3.05, 3.63) is 224 Å². The largest absolute Gasteiger partial charge is 0.309 e. The molecule has 12 aromatic rings. The van der Waals surface area contributed by atoms with Crippen LogP contribution in [0.2, 0.25) is 0 Å². The zero-order valence-corrected chi connectivity index (χ0v) is 34.1. The molecular formula is C58H37N5. The number of hydrogen-bond acceptors (Lipinski definition) is 4. The molecule has 0 fully saturated rings. The second kappa shape index (κ2) is 15.2. The molecule has 0 atom stereocenters. The van der Waals surface area contributed by atoms with Crippen LogP contribution in [-0.4, -0.2) is 24.5 Å². The van der Waals surface area contributed by atoms with E-state index in [1.807, 2.05) is 12.1 Å².